The van der Waals surface area contributed by atoms with E-state index >= 15 is 0 Å². The van der Waals surface area contributed by atoms with Gasteiger partial charge in [-0.05, 0) is 122 Å². The van der Waals surface area contributed by atoms with Crippen molar-refractivity contribution in [3.8, 4) is 0 Å². The van der Waals surface area contributed by atoms with Crippen molar-refractivity contribution >= 4 is 17.9 Å². The summed E-state index contributed by atoms with van der Waals surface area (Å²) in [6.07, 6.45) is 80.8. The van der Waals surface area contributed by atoms with Gasteiger partial charge in [0.05, 0.1) is 0 Å². The summed E-state index contributed by atoms with van der Waals surface area (Å²) in [6.45, 7) is 6.38. The Labute approximate surface area is 444 Å². The molecule has 0 spiro atoms. The van der Waals surface area contributed by atoms with Gasteiger partial charge in [0.1, 0.15) is 13.2 Å². The topological polar surface area (TPSA) is 78.9 Å². The van der Waals surface area contributed by atoms with E-state index in [1.165, 1.54) is 116 Å². The first-order chi connectivity index (χ1) is 35.5. The van der Waals surface area contributed by atoms with E-state index in [1.807, 2.05) is 0 Å². The van der Waals surface area contributed by atoms with Crippen molar-refractivity contribution < 1.29 is 28.6 Å². The average Bonchev–Trinajstić information content (AvgIpc) is 3.38. The van der Waals surface area contributed by atoms with Crippen molar-refractivity contribution in [1.29, 1.82) is 0 Å². The molecule has 0 aromatic rings. The molecule has 0 aromatic carbocycles. The second kappa shape index (κ2) is 59.6. The lowest BCUT2D eigenvalue weighted by Gasteiger charge is -2.18. The number of ether oxygens (including phenoxy) is 3. The molecule has 0 radical (unpaired) electrons. The quantitative estimate of drug-likeness (QED) is 0.0261. The van der Waals surface area contributed by atoms with Gasteiger partial charge in [0, 0.05) is 19.3 Å². The van der Waals surface area contributed by atoms with Crippen LogP contribution in [0.3, 0.4) is 0 Å². The van der Waals surface area contributed by atoms with Gasteiger partial charge in [-0.15, -0.1) is 0 Å². The molecule has 0 saturated carbocycles. The third-order valence-electron chi connectivity index (χ3n) is 12.5. The lowest BCUT2D eigenvalue weighted by Crippen LogP contribution is -2.30. The SMILES string of the molecule is CC/C=C\C/C=C\C/C=C\C/C=C\CCCCCCCCCCC(=O)OCC(COC(=O)CCCC/C=C\C/C=C\C/C=C\C/C=C\CC)OC(=O)CCCCCCCCC/C=C\CCCCCCCCC. The highest BCUT2D eigenvalue weighted by atomic mass is 16.6. The van der Waals surface area contributed by atoms with Crippen molar-refractivity contribution in [1.82, 2.24) is 0 Å². The van der Waals surface area contributed by atoms with Gasteiger partial charge < -0.3 is 14.2 Å². The smallest absolute Gasteiger partial charge is 0.306 e. The molecule has 0 aliphatic rings. The van der Waals surface area contributed by atoms with Gasteiger partial charge in [0.15, 0.2) is 6.10 Å². The molecule has 1 unspecified atom stereocenters. The van der Waals surface area contributed by atoms with Gasteiger partial charge in [0.25, 0.3) is 0 Å². The highest BCUT2D eigenvalue weighted by Gasteiger charge is 2.19. The van der Waals surface area contributed by atoms with Crippen molar-refractivity contribution in [3.63, 3.8) is 0 Å². The number of unbranched alkanes of at least 4 members (excludes halogenated alkanes) is 24. The first-order valence-electron chi connectivity index (χ1n) is 29.9. The molecule has 1 atom stereocenters. The molecule has 0 aliphatic heterocycles. The summed E-state index contributed by atoms with van der Waals surface area (Å²) in [5, 5.41) is 0. The van der Waals surface area contributed by atoms with E-state index in [9.17, 15) is 14.4 Å². The van der Waals surface area contributed by atoms with Crippen molar-refractivity contribution in [2.45, 2.75) is 277 Å². The van der Waals surface area contributed by atoms with Crippen LogP contribution >= 0.6 is 0 Å². The summed E-state index contributed by atoms with van der Waals surface area (Å²) in [5.41, 5.74) is 0. The van der Waals surface area contributed by atoms with E-state index in [2.05, 4.69) is 130 Å². The number of carbonyl (C=O) groups excluding carboxylic acids is 3. The Balaban J connectivity index is 4.44. The highest BCUT2D eigenvalue weighted by molar-refractivity contribution is 5.71. The van der Waals surface area contributed by atoms with Gasteiger partial charge in [-0.25, -0.2) is 0 Å². The Morgan fingerprint density at radius 3 is 0.889 bits per heavy atom. The van der Waals surface area contributed by atoms with E-state index in [-0.39, 0.29) is 31.1 Å². The first-order valence-corrected chi connectivity index (χ1v) is 29.9. The number of allylic oxidation sites excluding steroid dienone is 18. The van der Waals surface area contributed by atoms with Crippen LogP contribution in [0.25, 0.3) is 0 Å². The predicted octanol–water partition coefficient (Wildman–Crippen LogP) is 20.3. The fourth-order valence-electron chi connectivity index (χ4n) is 8.07. The van der Waals surface area contributed by atoms with Crippen LogP contribution < -0.4 is 0 Å². The van der Waals surface area contributed by atoms with Crippen LogP contribution in [0.15, 0.2) is 109 Å². The van der Waals surface area contributed by atoms with Crippen LogP contribution in [-0.2, 0) is 28.6 Å². The van der Waals surface area contributed by atoms with E-state index in [4.69, 9.17) is 14.2 Å². The minimum Gasteiger partial charge on any atom is -0.462 e. The Bertz CT molecular complexity index is 1470. The Morgan fingerprint density at radius 2 is 0.542 bits per heavy atom. The zero-order chi connectivity index (χ0) is 52.2. The number of hydrogen-bond donors (Lipinski definition) is 0. The largest absolute Gasteiger partial charge is 0.462 e. The maximum absolute atomic E-state index is 12.9. The van der Waals surface area contributed by atoms with Crippen LogP contribution in [-0.4, -0.2) is 37.2 Å². The van der Waals surface area contributed by atoms with E-state index in [0.29, 0.717) is 19.3 Å². The van der Waals surface area contributed by atoms with Gasteiger partial charge in [-0.1, -0.05) is 239 Å². The van der Waals surface area contributed by atoms with Crippen molar-refractivity contribution in [2.75, 3.05) is 13.2 Å². The van der Waals surface area contributed by atoms with E-state index < -0.39 is 6.10 Å². The first kappa shape index (κ1) is 68.1. The Kier molecular flexibility index (Phi) is 56.4. The van der Waals surface area contributed by atoms with Crippen LogP contribution in [0.2, 0.25) is 0 Å². The van der Waals surface area contributed by atoms with Crippen molar-refractivity contribution in [3.05, 3.63) is 109 Å². The standard InChI is InChI=1S/C66H110O6/c1-4-7-10-13-16-19-22-25-28-30-32-33-34-36-38-41-44-47-50-53-56-59-65(68)71-62-63(61-70-64(67)58-55-52-49-46-43-40-37-27-24-21-18-15-12-9-6-3)72-66(69)60-57-54-51-48-45-42-39-35-31-29-26-23-20-17-14-11-8-5-2/h7,9-10,12,16,18-19,21,25,27-29,31-33,37,43,46,63H,4-6,8,11,13-15,17,20,22-24,26,30,34-36,38-42,44-45,47-62H2,1-3H3/b10-7-,12-9-,19-16-,21-18-,28-25-,31-29-,33-32-,37-27-,46-43-. The Morgan fingerprint density at radius 1 is 0.292 bits per heavy atom. The highest BCUT2D eigenvalue weighted by Crippen LogP contribution is 2.15. The van der Waals surface area contributed by atoms with Crippen LogP contribution in [0.5, 0.6) is 0 Å². The molecule has 0 aliphatic carbocycles. The molecule has 0 bridgehead atoms. The van der Waals surface area contributed by atoms with Gasteiger partial charge in [-0.3, -0.25) is 14.4 Å². The van der Waals surface area contributed by atoms with E-state index in [0.717, 1.165) is 116 Å². The lowest BCUT2D eigenvalue weighted by atomic mass is 10.1. The van der Waals surface area contributed by atoms with Gasteiger partial charge >= 0.3 is 17.9 Å². The molecular weight excluding hydrogens is 889 g/mol. The third-order valence-corrected chi connectivity index (χ3v) is 12.5. The molecule has 0 amide bonds. The average molecular weight is 1000 g/mol. The molecule has 410 valence electrons. The monoisotopic (exact) mass is 999 g/mol. The molecule has 72 heavy (non-hydrogen) atoms. The van der Waals surface area contributed by atoms with Crippen LogP contribution in [0, 0.1) is 0 Å². The molecule has 6 heteroatoms. The van der Waals surface area contributed by atoms with E-state index in [1.54, 1.807) is 0 Å². The summed E-state index contributed by atoms with van der Waals surface area (Å²) in [6, 6.07) is 0. The van der Waals surface area contributed by atoms with Gasteiger partial charge in [-0.2, -0.15) is 0 Å². The molecule has 6 nitrogen and oxygen atoms in total. The molecule has 0 heterocycles. The predicted molar refractivity (Wildman–Crippen MR) is 311 cm³/mol. The normalized spacial score (nSPS) is 12.9. The zero-order valence-corrected chi connectivity index (χ0v) is 46.9. The van der Waals surface area contributed by atoms with Crippen molar-refractivity contribution in [2.24, 2.45) is 0 Å². The Hall–Kier alpha value is -3.93. The molecule has 0 rings (SSSR count). The summed E-state index contributed by atoms with van der Waals surface area (Å²) in [5.74, 6) is -0.950. The molecular formula is C66H110O6. The maximum Gasteiger partial charge on any atom is 0.306 e. The number of esters is 3. The number of carbonyl (C=O) groups is 3. The molecule has 0 fully saturated rings. The molecule has 0 aromatic heterocycles. The minimum atomic E-state index is -0.803. The fourth-order valence-corrected chi connectivity index (χ4v) is 8.07. The maximum atomic E-state index is 12.9. The second-order valence-electron chi connectivity index (χ2n) is 19.5. The summed E-state index contributed by atoms with van der Waals surface area (Å²) in [7, 11) is 0. The fraction of sp³-hybridized carbons (Fsp3) is 0.682. The number of hydrogen-bond acceptors (Lipinski definition) is 6. The third kappa shape index (κ3) is 57.0. The summed E-state index contributed by atoms with van der Waals surface area (Å²) >= 11 is 0. The van der Waals surface area contributed by atoms with Crippen LogP contribution in [0.1, 0.15) is 271 Å². The minimum absolute atomic E-state index is 0.0983. The molecule has 0 N–H and O–H groups in total. The summed E-state index contributed by atoms with van der Waals surface area (Å²) in [4.78, 5) is 38.2. The number of rotatable bonds is 53. The van der Waals surface area contributed by atoms with Gasteiger partial charge in [0.2, 0.25) is 0 Å². The zero-order valence-electron chi connectivity index (χ0n) is 46.9. The lowest BCUT2D eigenvalue weighted by molar-refractivity contribution is -0.167. The molecule has 0 saturated heterocycles. The summed E-state index contributed by atoms with van der Waals surface area (Å²) < 4.78 is 16.9. The second-order valence-corrected chi connectivity index (χ2v) is 19.5. The van der Waals surface area contributed by atoms with Crippen LogP contribution in [0.4, 0.5) is 0 Å².